The molecule has 1 aromatic carbocycles. The van der Waals surface area contributed by atoms with Gasteiger partial charge < -0.3 is 5.32 Å². The van der Waals surface area contributed by atoms with Gasteiger partial charge in [0, 0.05) is 41.3 Å². The lowest BCUT2D eigenvalue weighted by molar-refractivity contribution is -0.116. The molecule has 1 amide bonds. The van der Waals surface area contributed by atoms with E-state index in [9.17, 15) is 13.2 Å². The summed E-state index contributed by atoms with van der Waals surface area (Å²) in [6, 6.07) is 9.59. The van der Waals surface area contributed by atoms with Crippen LogP contribution in [0.4, 0.5) is 5.13 Å². The van der Waals surface area contributed by atoms with Gasteiger partial charge in [0.05, 0.1) is 10.6 Å². The summed E-state index contributed by atoms with van der Waals surface area (Å²) in [4.78, 5) is 20.4. The van der Waals surface area contributed by atoms with Crippen LogP contribution in [0.2, 0.25) is 5.02 Å². The Labute approximate surface area is 165 Å². The highest BCUT2D eigenvalue weighted by molar-refractivity contribution is 7.89. The van der Waals surface area contributed by atoms with E-state index in [1.165, 1.54) is 23.5 Å². The zero-order valence-electron chi connectivity index (χ0n) is 13.9. The molecule has 0 saturated carbocycles. The van der Waals surface area contributed by atoms with E-state index >= 15 is 0 Å². The smallest absolute Gasteiger partial charge is 0.240 e. The number of hydrogen-bond donors (Lipinski definition) is 2. The number of anilines is 1. The Morgan fingerprint density at radius 3 is 2.81 bits per heavy atom. The van der Waals surface area contributed by atoms with E-state index < -0.39 is 10.0 Å². The zero-order valence-corrected chi connectivity index (χ0v) is 16.3. The van der Waals surface area contributed by atoms with Crippen LogP contribution in [0, 0.1) is 0 Å². The first-order valence-electron chi connectivity index (χ1n) is 7.85. The largest absolute Gasteiger partial charge is 0.302 e. The average Bonchev–Trinajstić information content (AvgIpc) is 3.11. The summed E-state index contributed by atoms with van der Waals surface area (Å²) in [5.74, 6) is -0.337. The maximum Gasteiger partial charge on any atom is 0.240 e. The molecule has 7 nitrogen and oxygen atoms in total. The van der Waals surface area contributed by atoms with Crippen molar-refractivity contribution in [2.75, 3.05) is 11.9 Å². The summed E-state index contributed by atoms with van der Waals surface area (Å²) >= 11 is 7.09. The van der Waals surface area contributed by atoms with Crippen molar-refractivity contribution in [3.05, 3.63) is 59.2 Å². The van der Waals surface area contributed by atoms with Crippen molar-refractivity contribution >= 4 is 44.0 Å². The van der Waals surface area contributed by atoms with E-state index in [4.69, 9.17) is 11.6 Å². The molecule has 3 rings (SSSR count). The molecule has 0 aliphatic carbocycles. The predicted molar refractivity (Wildman–Crippen MR) is 105 cm³/mol. The van der Waals surface area contributed by atoms with Crippen LogP contribution in [0.3, 0.4) is 0 Å². The number of rotatable bonds is 7. The number of hydrogen-bond acceptors (Lipinski definition) is 6. The fourth-order valence-corrected chi connectivity index (χ4v) is 4.24. The number of nitrogens with zero attached hydrogens (tertiary/aromatic N) is 2. The number of thiazole rings is 1. The third kappa shape index (κ3) is 5.33. The SMILES string of the molecule is O=C(CCNS(=O)(=O)c1cccc(Cl)c1)Nc1nc(-c2cccnc2)cs1. The second-order valence-corrected chi connectivity index (χ2v) is 8.49. The number of benzene rings is 1. The fraction of sp³-hybridized carbons (Fsp3) is 0.118. The monoisotopic (exact) mass is 422 g/mol. The number of carbonyl (C=O) groups is 1. The van der Waals surface area contributed by atoms with Crippen LogP contribution in [0.5, 0.6) is 0 Å². The van der Waals surface area contributed by atoms with Crippen molar-refractivity contribution in [3.63, 3.8) is 0 Å². The maximum absolute atomic E-state index is 12.2. The Hall–Kier alpha value is -2.33. The molecule has 0 spiro atoms. The summed E-state index contributed by atoms with van der Waals surface area (Å²) in [7, 11) is -3.72. The van der Waals surface area contributed by atoms with E-state index in [1.54, 1.807) is 30.6 Å². The van der Waals surface area contributed by atoms with Crippen LogP contribution in [-0.4, -0.2) is 30.8 Å². The van der Waals surface area contributed by atoms with Crippen molar-refractivity contribution in [2.24, 2.45) is 0 Å². The minimum atomic E-state index is -3.72. The number of pyridine rings is 1. The topological polar surface area (TPSA) is 101 Å². The Morgan fingerprint density at radius 2 is 2.07 bits per heavy atom. The molecule has 0 saturated heterocycles. The molecular weight excluding hydrogens is 408 g/mol. The molecule has 0 bridgehead atoms. The van der Waals surface area contributed by atoms with Crippen molar-refractivity contribution in [2.45, 2.75) is 11.3 Å². The number of sulfonamides is 1. The molecule has 2 heterocycles. The molecule has 0 atom stereocenters. The summed E-state index contributed by atoms with van der Waals surface area (Å²) in [6.07, 6.45) is 3.33. The Bertz CT molecular complexity index is 1040. The quantitative estimate of drug-likeness (QED) is 0.609. The van der Waals surface area contributed by atoms with Crippen LogP contribution in [-0.2, 0) is 14.8 Å². The van der Waals surface area contributed by atoms with Crippen molar-refractivity contribution in [1.82, 2.24) is 14.7 Å². The summed E-state index contributed by atoms with van der Waals surface area (Å²) in [5, 5.41) is 5.24. The fourth-order valence-electron chi connectivity index (χ4n) is 2.18. The van der Waals surface area contributed by atoms with Gasteiger partial charge in [-0.3, -0.25) is 9.78 Å². The van der Waals surface area contributed by atoms with Gasteiger partial charge in [-0.25, -0.2) is 18.1 Å². The summed E-state index contributed by atoms with van der Waals surface area (Å²) in [6.45, 7) is -0.0402. The third-order valence-corrected chi connectivity index (χ3v) is 5.91. The van der Waals surface area contributed by atoms with Gasteiger partial charge in [0.2, 0.25) is 15.9 Å². The minimum absolute atomic E-state index is 0.0262. The van der Waals surface area contributed by atoms with E-state index in [0.29, 0.717) is 15.8 Å². The molecule has 2 N–H and O–H groups in total. The molecule has 140 valence electrons. The number of nitrogens with one attached hydrogen (secondary N) is 2. The summed E-state index contributed by atoms with van der Waals surface area (Å²) in [5.41, 5.74) is 1.56. The predicted octanol–water partition coefficient (Wildman–Crippen LogP) is 3.17. The molecule has 27 heavy (non-hydrogen) atoms. The number of halogens is 1. The molecule has 0 aliphatic rings. The summed E-state index contributed by atoms with van der Waals surface area (Å²) < 4.78 is 26.7. The van der Waals surface area contributed by atoms with Gasteiger partial charge in [-0.05, 0) is 30.3 Å². The molecule has 0 radical (unpaired) electrons. The molecular formula is C17H15ClN4O3S2. The lowest BCUT2D eigenvalue weighted by atomic mass is 10.2. The van der Waals surface area contributed by atoms with Gasteiger partial charge in [-0.1, -0.05) is 17.7 Å². The first kappa shape index (κ1) is 19.4. The van der Waals surface area contributed by atoms with Gasteiger partial charge in [0.15, 0.2) is 5.13 Å². The second kappa shape index (κ2) is 8.57. The van der Waals surface area contributed by atoms with Crippen molar-refractivity contribution < 1.29 is 13.2 Å². The standard InChI is InChI=1S/C17H15ClN4O3S2/c18-13-4-1-5-14(9-13)27(24,25)20-8-6-16(23)22-17-21-15(11-26-17)12-3-2-7-19-10-12/h1-5,7,9-11,20H,6,8H2,(H,21,22,23). The Morgan fingerprint density at radius 1 is 1.22 bits per heavy atom. The van der Waals surface area contributed by atoms with E-state index in [1.807, 2.05) is 11.4 Å². The average molecular weight is 423 g/mol. The lowest BCUT2D eigenvalue weighted by Gasteiger charge is -2.07. The van der Waals surface area contributed by atoms with Crippen molar-refractivity contribution in [1.29, 1.82) is 0 Å². The minimum Gasteiger partial charge on any atom is -0.302 e. The number of aromatic nitrogens is 2. The highest BCUT2D eigenvalue weighted by Crippen LogP contribution is 2.24. The lowest BCUT2D eigenvalue weighted by Crippen LogP contribution is -2.27. The number of carbonyl (C=O) groups excluding carboxylic acids is 1. The first-order valence-corrected chi connectivity index (χ1v) is 10.6. The van der Waals surface area contributed by atoms with E-state index in [0.717, 1.165) is 5.56 Å². The molecule has 0 unspecified atom stereocenters. The van der Waals surface area contributed by atoms with Gasteiger partial charge in [-0.15, -0.1) is 11.3 Å². The van der Waals surface area contributed by atoms with Gasteiger partial charge in [0.25, 0.3) is 0 Å². The van der Waals surface area contributed by atoms with Crippen LogP contribution in [0.15, 0.2) is 59.1 Å². The van der Waals surface area contributed by atoms with Crippen LogP contribution >= 0.6 is 22.9 Å². The van der Waals surface area contributed by atoms with E-state index in [-0.39, 0.29) is 23.8 Å². The van der Waals surface area contributed by atoms with Gasteiger partial charge in [-0.2, -0.15) is 0 Å². The van der Waals surface area contributed by atoms with E-state index in [2.05, 4.69) is 20.0 Å². The van der Waals surface area contributed by atoms with Gasteiger partial charge in [0.1, 0.15) is 0 Å². The molecule has 3 aromatic rings. The maximum atomic E-state index is 12.2. The van der Waals surface area contributed by atoms with Crippen molar-refractivity contribution in [3.8, 4) is 11.3 Å². The zero-order chi connectivity index (χ0) is 19.3. The third-order valence-electron chi connectivity index (χ3n) is 3.46. The normalized spacial score (nSPS) is 11.3. The molecule has 2 aromatic heterocycles. The Balaban J connectivity index is 1.52. The Kier molecular flexibility index (Phi) is 6.17. The van der Waals surface area contributed by atoms with Crippen LogP contribution < -0.4 is 10.0 Å². The van der Waals surface area contributed by atoms with Gasteiger partial charge >= 0.3 is 0 Å². The molecule has 0 aliphatic heterocycles. The van der Waals surface area contributed by atoms with Crippen LogP contribution in [0.25, 0.3) is 11.3 Å². The highest BCUT2D eigenvalue weighted by Gasteiger charge is 2.15. The molecule has 10 heteroatoms. The highest BCUT2D eigenvalue weighted by atomic mass is 35.5. The first-order chi connectivity index (χ1) is 12.9. The van der Waals surface area contributed by atoms with Crippen LogP contribution in [0.1, 0.15) is 6.42 Å². The second-order valence-electron chi connectivity index (χ2n) is 5.43. The molecule has 0 fully saturated rings. The number of amides is 1.